The Morgan fingerprint density at radius 3 is 2.73 bits per heavy atom. The van der Waals surface area contributed by atoms with Crippen LogP contribution in [0.5, 0.6) is 0 Å². The van der Waals surface area contributed by atoms with Crippen LogP contribution in [0.3, 0.4) is 0 Å². The molecule has 0 bridgehead atoms. The van der Waals surface area contributed by atoms with Crippen LogP contribution in [0.1, 0.15) is 25.3 Å². The quantitative estimate of drug-likeness (QED) is 0.784. The summed E-state index contributed by atoms with van der Waals surface area (Å²) in [6.07, 6.45) is -1.23. The summed E-state index contributed by atoms with van der Waals surface area (Å²) < 4.78 is 37.4. The average Bonchev–Trinajstić information content (AvgIpc) is 2.17. The molecule has 0 atom stereocenters. The molecule has 1 aromatic rings. The molecule has 84 valence electrons. The molecule has 0 aliphatic carbocycles. The zero-order valence-electron chi connectivity index (χ0n) is 8.43. The molecule has 0 fully saturated rings. The van der Waals surface area contributed by atoms with Crippen molar-refractivity contribution in [2.75, 3.05) is 11.9 Å². The number of unbranched alkanes of at least 4 members (excludes halogenated alkanes) is 1. The predicted octanol–water partition coefficient (Wildman–Crippen LogP) is 3.31. The largest absolute Gasteiger partial charge is 0.419 e. The second kappa shape index (κ2) is 5.00. The highest BCUT2D eigenvalue weighted by Crippen LogP contribution is 2.33. The monoisotopic (exact) mass is 218 g/mol. The van der Waals surface area contributed by atoms with Crippen molar-refractivity contribution in [2.45, 2.75) is 25.9 Å². The van der Waals surface area contributed by atoms with Gasteiger partial charge in [0.1, 0.15) is 5.82 Å². The number of pyridine rings is 1. The fourth-order valence-corrected chi connectivity index (χ4v) is 1.16. The second-order valence-corrected chi connectivity index (χ2v) is 3.18. The van der Waals surface area contributed by atoms with Crippen molar-refractivity contribution in [1.29, 1.82) is 0 Å². The van der Waals surface area contributed by atoms with Crippen molar-refractivity contribution in [2.24, 2.45) is 0 Å². The second-order valence-electron chi connectivity index (χ2n) is 3.18. The number of nitrogens with one attached hydrogen (secondary N) is 1. The highest BCUT2D eigenvalue weighted by molar-refractivity contribution is 5.45. The minimum Gasteiger partial charge on any atom is -0.370 e. The van der Waals surface area contributed by atoms with E-state index in [0.717, 1.165) is 18.9 Å². The molecule has 0 aliphatic heterocycles. The highest BCUT2D eigenvalue weighted by atomic mass is 19.4. The van der Waals surface area contributed by atoms with Gasteiger partial charge in [-0.05, 0) is 18.6 Å². The van der Waals surface area contributed by atoms with E-state index in [-0.39, 0.29) is 5.82 Å². The molecule has 0 radical (unpaired) electrons. The Bertz CT molecular complexity index is 310. The van der Waals surface area contributed by atoms with Crippen LogP contribution < -0.4 is 5.32 Å². The Morgan fingerprint density at radius 1 is 1.40 bits per heavy atom. The first-order chi connectivity index (χ1) is 7.05. The first-order valence-corrected chi connectivity index (χ1v) is 4.81. The lowest BCUT2D eigenvalue weighted by Gasteiger charge is -2.12. The summed E-state index contributed by atoms with van der Waals surface area (Å²) in [5.41, 5.74) is -0.707. The molecular formula is C10H13F3N2. The van der Waals surface area contributed by atoms with Crippen molar-refractivity contribution in [1.82, 2.24) is 4.98 Å². The Balaban J connectivity index is 2.78. The number of anilines is 1. The van der Waals surface area contributed by atoms with Crippen LogP contribution in [0.15, 0.2) is 18.3 Å². The summed E-state index contributed by atoms with van der Waals surface area (Å²) >= 11 is 0. The normalized spacial score (nSPS) is 11.5. The Kier molecular flexibility index (Phi) is 3.94. The standard InChI is InChI=1S/C10H13F3N2/c1-2-3-6-14-9-8(10(11,12)13)5-4-7-15-9/h4-5,7H,2-3,6H2,1H3,(H,14,15). The smallest absolute Gasteiger partial charge is 0.370 e. The van der Waals surface area contributed by atoms with E-state index in [4.69, 9.17) is 0 Å². The molecule has 1 aromatic heterocycles. The van der Waals surface area contributed by atoms with Crippen molar-refractivity contribution >= 4 is 5.82 Å². The Hall–Kier alpha value is -1.26. The van der Waals surface area contributed by atoms with Gasteiger partial charge in [0.05, 0.1) is 5.56 Å². The highest BCUT2D eigenvalue weighted by Gasteiger charge is 2.33. The van der Waals surface area contributed by atoms with Crippen LogP contribution >= 0.6 is 0 Å². The molecule has 0 spiro atoms. The van der Waals surface area contributed by atoms with Crippen molar-refractivity contribution < 1.29 is 13.2 Å². The number of halogens is 3. The molecule has 1 N–H and O–H groups in total. The minimum absolute atomic E-state index is 0.0848. The first kappa shape index (κ1) is 11.8. The molecule has 5 heteroatoms. The van der Waals surface area contributed by atoms with Gasteiger partial charge in [-0.15, -0.1) is 0 Å². The maximum absolute atomic E-state index is 12.5. The van der Waals surface area contributed by atoms with Crippen LogP contribution in [-0.4, -0.2) is 11.5 Å². The molecule has 0 aromatic carbocycles. The fraction of sp³-hybridized carbons (Fsp3) is 0.500. The zero-order chi connectivity index (χ0) is 11.3. The molecule has 0 saturated heterocycles. The molecule has 0 amide bonds. The summed E-state index contributed by atoms with van der Waals surface area (Å²) in [5, 5.41) is 2.69. The minimum atomic E-state index is -4.34. The lowest BCUT2D eigenvalue weighted by Crippen LogP contribution is -2.12. The van der Waals surface area contributed by atoms with Gasteiger partial charge in [0, 0.05) is 12.7 Å². The summed E-state index contributed by atoms with van der Waals surface area (Å²) in [4.78, 5) is 3.69. The SMILES string of the molecule is CCCCNc1ncccc1C(F)(F)F. The number of hydrogen-bond acceptors (Lipinski definition) is 2. The maximum atomic E-state index is 12.5. The third-order valence-corrected chi connectivity index (χ3v) is 1.94. The summed E-state index contributed by atoms with van der Waals surface area (Å²) in [7, 11) is 0. The van der Waals surface area contributed by atoms with Gasteiger partial charge in [-0.25, -0.2) is 4.98 Å². The van der Waals surface area contributed by atoms with Crippen LogP contribution in [0.25, 0.3) is 0 Å². The number of rotatable bonds is 4. The van der Waals surface area contributed by atoms with E-state index in [0.29, 0.717) is 6.54 Å². The number of hydrogen-bond donors (Lipinski definition) is 1. The Labute approximate surface area is 86.5 Å². The number of nitrogens with zero attached hydrogens (tertiary/aromatic N) is 1. The zero-order valence-corrected chi connectivity index (χ0v) is 8.43. The van der Waals surface area contributed by atoms with E-state index in [9.17, 15) is 13.2 Å². The Morgan fingerprint density at radius 2 is 2.13 bits per heavy atom. The van der Waals surface area contributed by atoms with Gasteiger partial charge in [-0.2, -0.15) is 13.2 Å². The topological polar surface area (TPSA) is 24.9 Å². The molecule has 1 heterocycles. The number of aromatic nitrogens is 1. The van der Waals surface area contributed by atoms with Crippen LogP contribution in [0.2, 0.25) is 0 Å². The van der Waals surface area contributed by atoms with E-state index < -0.39 is 11.7 Å². The van der Waals surface area contributed by atoms with Gasteiger partial charge >= 0.3 is 6.18 Å². The van der Waals surface area contributed by atoms with E-state index >= 15 is 0 Å². The summed E-state index contributed by atoms with van der Waals surface area (Å²) in [6, 6.07) is 2.31. The van der Waals surface area contributed by atoms with Gasteiger partial charge in [-0.1, -0.05) is 13.3 Å². The van der Waals surface area contributed by atoms with Gasteiger partial charge in [0.15, 0.2) is 0 Å². The molecule has 2 nitrogen and oxygen atoms in total. The third-order valence-electron chi connectivity index (χ3n) is 1.94. The summed E-state index contributed by atoms with van der Waals surface area (Å²) in [6.45, 7) is 2.49. The molecule has 0 aliphatic rings. The van der Waals surface area contributed by atoms with E-state index in [1.165, 1.54) is 12.3 Å². The summed E-state index contributed by atoms with van der Waals surface area (Å²) in [5.74, 6) is -0.0848. The lowest BCUT2D eigenvalue weighted by atomic mass is 10.2. The predicted molar refractivity (Wildman–Crippen MR) is 52.6 cm³/mol. The van der Waals surface area contributed by atoms with Crippen molar-refractivity contribution in [3.05, 3.63) is 23.9 Å². The fourth-order valence-electron chi connectivity index (χ4n) is 1.16. The van der Waals surface area contributed by atoms with E-state index in [2.05, 4.69) is 10.3 Å². The van der Waals surface area contributed by atoms with Gasteiger partial charge in [0.2, 0.25) is 0 Å². The molecule has 0 unspecified atom stereocenters. The van der Waals surface area contributed by atoms with Gasteiger partial charge in [0.25, 0.3) is 0 Å². The average molecular weight is 218 g/mol. The molecule has 1 rings (SSSR count). The van der Waals surface area contributed by atoms with E-state index in [1.54, 1.807) is 0 Å². The third kappa shape index (κ3) is 3.42. The van der Waals surface area contributed by atoms with Gasteiger partial charge < -0.3 is 5.32 Å². The number of alkyl halides is 3. The molecule has 15 heavy (non-hydrogen) atoms. The van der Waals surface area contributed by atoms with Crippen LogP contribution in [0.4, 0.5) is 19.0 Å². The van der Waals surface area contributed by atoms with Gasteiger partial charge in [-0.3, -0.25) is 0 Å². The maximum Gasteiger partial charge on any atom is 0.419 e. The molecular weight excluding hydrogens is 205 g/mol. The van der Waals surface area contributed by atoms with E-state index in [1.807, 2.05) is 6.92 Å². The first-order valence-electron chi connectivity index (χ1n) is 4.81. The van der Waals surface area contributed by atoms with Crippen LogP contribution in [-0.2, 0) is 6.18 Å². The van der Waals surface area contributed by atoms with Crippen molar-refractivity contribution in [3.63, 3.8) is 0 Å². The lowest BCUT2D eigenvalue weighted by molar-refractivity contribution is -0.137. The van der Waals surface area contributed by atoms with Crippen molar-refractivity contribution in [3.8, 4) is 0 Å². The van der Waals surface area contributed by atoms with Crippen LogP contribution in [0, 0.1) is 0 Å². The molecule has 0 saturated carbocycles.